The maximum atomic E-state index is 11.8. The second-order valence-electron chi connectivity index (χ2n) is 6.44. The van der Waals surface area contributed by atoms with Gasteiger partial charge in [0.25, 0.3) is 0 Å². The third-order valence-corrected chi connectivity index (χ3v) is 5.67. The fourth-order valence-electron chi connectivity index (χ4n) is 3.35. The van der Waals surface area contributed by atoms with Crippen molar-refractivity contribution in [3.63, 3.8) is 0 Å². The third-order valence-electron chi connectivity index (χ3n) is 4.75. The molecule has 23 heavy (non-hydrogen) atoms. The van der Waals surface area contributed by atoms with E-state index in [1.807, 2.05) is 10.4 Å². The quantitative estimate of drug-likeness (QED) is 0.808. The van der Waals surface area contributed by atoms with Gasteiger partial charge in [-0.3, -0.25) is 9.69 Å². The van der Waals surface area contributed by atoms with Crippen molar-refractivity contribution >= 4 is 29.7 Å². The van der Waals surface area contributed by atoms with Crippen LogP contribution >= 0.6 is 23.7 Å². The second-order valence-corrected chi connectivity index (χ2v) is 7.38. The summed E-state index contributed by atoms with van der Waals surface area (Å²) in [7, 11) is 0. The lowest BCUT2D eigenvalue weighted by molar-refractivity contribution is -0.127. The number of aryl methyl sites for hydroxylation is 1. The number of carbonyl (C=O) groups is 1. The van der Waals surface area contributed by atoms with Crippen molar-refractivity contribution < 1.29 is 4.79 Å². The fourth-order valence-corrected chi connectivity index (χ4v) is 4.17. The summed E-state index contributed by atoms with van der Waals surface area (Å²) in [6, 6.07) is 0. The Hall–Kier alpha value is -0.690. The van der Waals surface area contributed by atoms with E-state index in [-0.39, 0.29) is 12.4 Å². The lowest BCUT2D eigenvalue weighted by Crippen LogP contribution is -2.38. The van der Waals surface area contributed by atoms with Gasteiger partial charge in [0.15, 0.2) is 0 Å². The Labute approximate surface area is 148 Å². The lowest BCUT2D eigenvalue weighted by Gasteiger charge is -2.27. The van der Waals surface area contributed by atoms with Crippen LogP contribution in [0.15, 0.2) is 5.51 Å². The van der Waals surface area contributed by atoms with Gasteiger partial charge < -0.3 is 10.2 Å². The fraction of sp³-hybridized carbons (Fsp3) is 0.750. The number of thiazole rings is 1. The molecule has 0 bridgehead atoms. The van der Waals surface area contributed by atoms with Crippen LogP contribution in [0.5, 0.6) is 0 Å². The molecule has 2 fully saturated rings. The number of carbonyl (C=O) groups excluding carboxylic acids is 1. The van der Waals surface area contributed by atoms with Crippen LogP contribution in [0.1, 0.15) is 29.8 Å². The second kappa shape index (κ2) is 8.97. The van der Waals surface area contributed by atoms with Crippen LogP contribution < -0.4 is 5.32 Å². The predicted molar refractivity (Wildman–Crippen MR) is 96.2 cm³/mol. The number of nitrogens with one attached hydrogen (secondary N) is 1. The molecule has 0 aliphatic carbocycles. The first-order valence-corrected chi connectivity index (χ1v) is 9.20. The van der Waals surface area contributed by atoms with Crippen molar-refractivity contribution in [3.05, 3.63) is 16.1 Å². The van der Waals surface area contributed by atoms with Crippen LogP contribution in [-0.2, 0) is 11.3 Å². The highest BCUT2D eigenvalue weighted by molar-refractivity contribution is 7.09. The summed E-state index contributed by atoms with van der Waals surface area (Å²) in [6.07, 6.45) is 3.03. The van der Waals surface area contributed by atoms with E-state index in [4.69, 9.17) is 0 Å². The summed E-state index contributed by atoms with van der Waals surface area (Å²) in [5.74, 6) is 1.07. The first-order valence-electron chi connectivity index (χ1n) is 8.32. The molecule has 2 aliphatic rings. The molecule has 0 spiro atoms. The molecule has 1 aromatic heterocycles. The summed E-state index contributed by atoms with van der Waals surface area (Å²) in [4.78, 5) is 22.1. The van der Waals surface area contributed by atoms with E-state index in [9.17, 15) is 4.79 Å². The third kappa shape index (κ3) is 5.14. The number of hydrogen-bond acceptors (Lipinski definition) is 5. The molecule has 3 heterocycles. The van der Waals surface area contributed by atoms with E-state index in [2.05, 4.69) is 22.1 Å². The van der Waals surface area contributed by atoms with Gasteiger partial charge in [-0.25, -0.2) is 4.98 Å². The van der Waals surface area contributed by atoms with Crippen molar-refractivity contribution in [2.45, 2.75) is 32.7 Å². The highest BCUT2D eigenvalue weighted by Crippen LogP contribution is 2.18. The van der Waals surface area contributed by atoms with E-state index in [0.29, 0.717) is 5.91 Å². The Morgan fingerprint density at radius 2 is 2.39 bits per heavy atom. The average Bonchev–Trinajstić information content (AvgIpc) is 3.22. The highest BCUT2D eigenvalue weighted by Gasteiger charge is 2.23. The van der Waals surface area contributed by atoms with Gasteiger partial charge in [-0.2, -0.15) is 0 Å². The van der Waals surface area contributed by atoms with Gasteiger partial charge in [0.05, 0.1) is 11.2 Å². The normalized spacial score (nSPS) is 21.2. The summed E-state index contributed by atoms with van der Waals surface area (Å²) in [6.45, 7) is 9.23. The maximum Gasteiger partial charge on any atom is 0.222 e. The van der Waals surface area contributed by atoms with Gasteiger partial charge >= 0.3 is 0 Å². The molecule has 7 heteroatoms. The molecule has 5 nitrogen and oxygen atoms in total. The minimum atomic E-state index is 0. The SMILES string of the molecule is Cc1ncsc1CN(CCN1CCCC1=O)CC1CCNC1.Cl. The molecule has 1 amide bonds. The number of amides is 1. The molecular formula is C16H27ClN4OS. The van der Waals surface area contributed by atoms with E-state index >= 15 is 0 Å². The van der Waals surface area contributed by atoms with Gasteiger partial charge in [-0.05, 0) is 38.8 Å². The van der Waals surface area contributed by atoms with Gasteiger partial charge in [0.1, 0.15) is 0 Å². The number of likely N-dealkylation sites (tertiary alicyclic amines) is 1. The van der Waals surface area contributed by atoms with Crippen LogP contribution in [0.2, 0.25) is 0 Å². The van der Waals surface area contributed by atoms with Crippen molar-refractivity contribution in [2.24, 2.45) is 5.92 Å². The number of rotatable bonds is 7. The summed E-state index contributed by atoms with van der Waals surface area (Å²) >= 11 is 1.75. The smallest absolute Gasteiger partial charge is 0.222 e. The summed E-state index contributed by atoms with van der Waals surface area (Å²) in [5, 5.41) is 3.45. The molecule has 0 radical (unpaired) electrons. The molecular weight excluding hydrogens is 332 g/mol. The Balaban J connectivity index is 0.00000192. The largest absolute Gasteiger partial charge is 0.341 e. The summed E-state index contributed by atoms with van der Waals surface area (Å²) < 4.78 is 0. The predicted octanol–water partition coefficient (Wildman–Crippen LogP) is 1.91. The van der Waals surface area contributed by atoms with Crippen LogP contribution in [0.25, 0.3) is 0 Å². The zero-order chi connectivity index (χ0) is 15.4. The van der Waals surface area contributed by atoms with Gasteiger partial charge in [0, 0.05) is 44.0 Å². The molecule has 1 unspecified atom stereocenters. The molecule has 2 aliphatic heterocycles. The van der Waals surface area contributed by atoms with Crippen molar-refractivity contribution in [1.82, 2.24) is 20.1 Å². The highest BCUT2D eigenvalue weighted by atomic mass is 35.5. The number of nitrogens with zero attached hydrogens (tertiary/aromatic N) is 3. The van der Waals surface area contributed by atoms with Crippen LogP contribution in [-0.4, -0.2) is 60.0 Å². The molecule has 130 valence electrons. The van der Waals surface area contributed by atoms with Crippen LogP contribution in [0.4, 0.5) is 0 Å². The topological polar surface area (TPSA) is 48.5 Å². The van der Waals surface area contributed by atoms with Gasteiger partial charge in [-0.15, -0.1) is 23.7 Å². The Morgan fingerprint density at radius 1 is 1.52 bits per heavy atom. The number of halogens is 1. The summed E-state index contributed by atoms with van der Waals surface area (Å²) in [5.41, 5.74) is 3.08. The van der Waals surface area contributed by atoms with Crippen molar-refractivity contribution in [2.75, 3.05) is 39.3 Å². The zero-order valence-electron chi connectivity index (χ0n) is 13.8. The average molecular weight is 359 g/mol. The van der Waals surface area contributed by atoms with E-state index in [0.717, 1.165) is 70.3 Å². The molecule has 0 aromatic carbocycles. The number of aromatic nitrogens is 1. The van der Waals surface area contributed by atoms with E-state index in [1.54, 1.807) is 11.3 Å². The zero-order valence-corrected chi connectivity index (χ0v) is 15.4. The monoisotopic (exact) mass is 358 g/mol. The minimum Gasteiger partial charge on any atom is -0.341 e. The lowest BCUT2D eigenvalue weighted by atomic mass is 10.1. The van der Waals surface area contributed by atoms with Crippen LogP contribution in [0.3, 0.4) is 0 Å². The molecule has 1 atom stereocenters. The van der Waals surface area contributed by atoms with E-state index < -0.39 is 0 Å². The van der Waals surface area contributed by atoms with Gasteiger partial charge in [0.2, 0.25) is 5.91 Å². The van der Waals surface area contributed by atoms with Crippen LogP contribution in [0, 0.1) is 12.8 Å². The maximum absolute atomic E-state index is 11.8. The Kier molecular flexibility index (Phi) is 7.27. The minimum absolute atomic E-state index is 0. The van der Waals surface area contributed by atoms with Crippen molar-refractivity contribution in [1.29, 1.82) is 0 Å². The molecule has 1 N–H and O–H groups in total. The Morgan fingerprint density at radius 3 is 3.00 bits per heavy atom. The van der Waals surface area contributed by atoms with Crippen molar-refractivity contribution in [3.8, 4) is 0 Å². The molecule has 3 rings (SSSR count). The molecule has 1 aromatic rings. The van der Waals surface area contributed by atoms with E-state index in [1.165, 1.54) is 11.3 Å². The standard InChI is InChI=1S/C16H26N4OS.ClH/c1-13-15(22-12-18-13)11-19(10-14-4-5-17-9-14)7-8-20-6-2-3-16(20)21;/h12,14,17H,2-11H2,1H3;1H. The molecule has 0 saturated carbocycles. The first kappa shape index (κ1) is 18.6. The Bertz CT molecular complexity index is 504. The molecule has 2 saturated heterocycles. The number of hydrogen-bond donors (Lipinski definition) is 1. The van der Waals surface area contributed by atoms with Gasteiger partial charge in [-0.1, -0.05) is 0 Å². The first-order chi connectivity index (χ1) is 10.7.